The molecule has 0 radical (unpaired) electrons. The molecular formula is C43H70NO10P. The molecule has 0 saturated heterocycles. The molecule has 0 saturated carbocycles. The SMILES string of the molecule is CCCCC/C=C\C/C=C\C/C=C\C=C\C(=O)CCCC(=O)O[C@H](COC(=O)CCCCCCCCc1oc(CCC)c(C)c1C)COP(=O)(O)OCCN. The van der Waals surface area contributed by atoms with Gasteiger partial charge < -0.3 is 24.5 Å². The molecule has 55 heavy (non-hydrogen) atoms. The van der Waals surface area contributed by atoms with Crippen molar-refractivity contribution in [1.82, 2.24) is 0 Å². The maximum absolute atomic E-state index is 12.6. The summed E-state index contributed by atoms with van der Waals surface area (Å²) >= 11 is 0. The molecule has 0 aliphatic rings. The van der Waals surface area contributed by atoms with E-state index >= 15 is 0 Å². The number of nitrogens with two attached hydrogens (primary N) is 1. The Morgan fingerprint density at radius 1 is 0.727 bits per heavy atom. The van der Waals surface area contributed by atoms with Gasteiger partial charge in [-0.3, -0.25) is 23.4 Å². The van der Waals surface area contributed by atoms with Gasteiger partial charge in [0, 0.05) is 38.6 Å². The van der Waals surface area contributed by atoms with Gasteiger partial charge in [0.05, 0.1) is 13.2 Å². The van der Waals surface area contributed by atoms with Crippen LogP contribution in [-0.4, -0.2) is 55.1 Å². The van der Waals surface area contributed by atoms with Gasteiger partial charge in [0.1, 0.15) is 18.1 Å². The van der Waals surface area contributed by atoms with Crippen LogP contribution in [0.4, 0.5) is 0 Å². The number of unbranched alkanes of at least 4 members (excludes halogenated alkanes) is 8. The Morgan fingerprint density at radius 3 is 2.09 bits per heavy atom. The maximum atomic E-state index is 12.6. The highest BCUT2D eigenvalue weighted by atomic mass is 31.2. The average molecular weight is 792 g/mol. The number of aryl methyl sites for hydroxylation is 2. The minimum Gasteiger partial charge on any atom is -0.466 e. The highest BCUT2D eigenvalue weighted by molar-refractivity contribution is 7.47. The Balaban J connectivity index is 2.38. The van der Waals surface area contributed by atoms with Crippen LogP contribution in [0.5, 0.6) is 0 Å². The first-order chi connectivity index (χ1) is 26.5. The summed E-state index contributed by atoms with van der Waals surface area (Å²) in [5.41, 5.74) is 7.87. The molecule has 0 amide bonds. The van der Waals surface area contributed by atoms with E-state index in [1.54, 1.807) is 6.08 Å². The van der Waals surface area contributed by atoms with E-state index in [-0.39, 0.29) is 51.2 Å². The molecule has 0 aliphatic heterocycles. The molecule has 0 fully saturated rings. The largest absolute Gasteiger partial charge is 0.472 e. The first-order valence-corrected chi connectivity index (χ1v) is 21.9. The lowest BCUT2D eigenvalue weighted by Gasteiger charge is -2.19. The number of esters is 2. The average Bonchev–Trinajstić information content (AvgIpc) is 3.42. The summed E-state index contributed by atoms with van der Waals surface area (Å²) in [6.07, 6.45) is 30.2. The van der Waals surface area contributed by atoms with Crippen molar-refractivity contribution in [3.63, 3.8) is 0 Å². The molecule has 1 aromatic rings. The first-order valence-electron chi connectivity index (χ1n) is 20.4. The number of phosphoric ester groups is 1. The van der Waals surface area contributed by atoms with Crippen molar-refractivity contribution in [2.45, 2.75) is 156 Å². The predicted octanol–water partition coefficient (Wildman–Crippen LogP) is 9.99. The second-order valence-corrected chi connectivity index (χ2v) is 15.2. The lowest BCUT2D eigenvalue weighted by Crippen LogP contribution is -2.29. The fourth-order valence-corrected chi connectivity index (χ4v) is 6.34. The molecule has 12 heteroatoms. The third kappa shape index (κ3) is 26.4. The van der Waals surface area contributed by atoms with Crippen molar-refractivity contribution < 1.29 is 46.8 Å². The van der Waals surface area contributed by atoms with E-state index in [1.807, 2.05) is 12.2 Å². The number of phosphoric acid groups is 1. The Bertz CT molecular complexity index is 1380. The molecule has 0 bridgehead atoms. The van der Waals surface area contributed by atoms with Crippen LogP contribution in [0, 0.1) is 13.8 Å². The van der Waals surface area contributed by atoms with Crippen LogP contribution in [0.1, 0.15) is 146 Å². The van der Waals surface area contributed by atoms with Crippen molar-refractivity contribution >= 4 is 25.5 Å². The normalized spacial score (nSPS) is 13.7. The summed E-state index contributed by atoms with van der Waals surface area (Å²) in [6, 6.07) is 0. The number of carbonyl (C=O) groups excluding carboxylic acids is 3. The number of furan rings is 1. The van der Waals surface area contributed by atoms with E-state index in [1.165, 1.54) is 36.5 Å². The molecule has 0 aliphatic carbocycles. The van der Waals surface area contributed by atoms with Crippen LogP contribution < -0.4 is 5.73 Å². The summed E-state index contributed by atoms with van der Waals surface area (Å²) in [6.45, 7) is 7.53. The smallest absolute Gasteiger partial charge is 0.466 e. The van der Waals surface area contributed by atoms with Crippen LogP contribution in [0.3, 0.4) is 0 Å². The number of carbonyl (C=O) groups is 3. The fraction of sp³-hybridized carbons (Fsp3) is 0.651. The van der Waals surface area contributed by atoms with Gasteiger partial charge in [-0.25, -0.2) is 4.57 Å². The lowest BCUT2D eigenvalue weighted by atomic mass is 10.0. The third-order valence-corrected chi connectivity index (χ3v) is 9.85. The number of hydrogen-bond donors (Lipinski definition) is 2. The van der Waals surface area contributed by atoms with Crippen molar-refractivity contribution in [3.05, 3.63) is 71.3 Å². The van der Waals surface area contributed by atoms with E-state index in [9.17, 15) is 23.8 Å². The van der Waals surface area contributed by atoms with Crippen LogP contribution in [0.2, 0.25) is 0 Å². The highest BCUT2D eigenvalue weighted by Crippen LogP contribution is 2.43. The van der Waals surface area contributed by atoms with Crippen molar-refractivity contribution in [1.29, 1.82) is 0 Å². The van der Waals surface area contributed by atoms with Crippen LogP contribution in [0.15, 0.2) is 53.0 Å². The second kappa shape index (κ2) is 32.1. The van der Waals surface area contributed by atoms with Gasteiger partial charge in [0.25, 0.3) is 0 Å². The third-order valence-electron chi connectivity index (χ3n) is 8.87. The lowest BCUT2D eigenvalue weighted by molar-refractivity contribution is -0.161. The van der Waals surface area contributed by atoms with Crippen LogP contribution in [0.25, 0.3) is 0 Å². The number of ether oxygens (including phenoxy) is 2. The Morgan fingerprint density at radius 2 is 1.38 bits per heavy atom. The first kappa shape index (κ1) is 49.9. The molecule has 0 spiro atoms. The summed E-state index contributed by atoms with van der Waals surface area (Å²) in [5, 5.41) is 0. The Labute approximate surface area is 330 Å². The monoisotopic (exact) mass is 791 g/mol. The molecule has 2 atom stereocenters. The molecule has 1 unspecified atom stereocenters. The zero-order valence-electron chi connectivity index (χ0n) is 34.1. The molecule has 312 valence electrons. The van der Waals surface area contributed by atoms with Crippen molar-refractivity contribution in [2.24, 2.45) is 5.73 Å². The number of allylic oxidation sites excluding steroid dienone is 8. The van der Waals surface area contributed by atoms with Crippen molar-refractivity contribution in [3.8, 4) is 0 Å². The molecule has 1 rings (SSSR count). The van der Waals surface area contributed by atoms with E-state index in [4.69, 9.17) is 28.7 Å². The number of hydrogen-bond acceptors (Lipinski definition) is 10. The number of ketones is 1. The standard InChI is InChI=1S/C43H70NO10P/c1-5-7-8-9-10-11-12-13-14-15-16-19-22-27-38(45)28-25-31-43(47)53-39(35-52-55(48,49)51-33-32-44)34-50-42(46)30-24-21-18-17-20-23-29-41-37(4)36(3)40(54-41)26-6-2/h10-11,13-14,16,19,22,27,39H,5-9,12,15,17-18,20-21,23-26,28-35,44H2,1-4H3,(H,48,49)/b11-10-,14-13-,19-16-,27-22+/t39-/m1/s1. The predicted molar refractivity (Wildman–Crippen MR) is 219 cm³/mol. The zero-order chi connectivity index (χ0) is 40.6. The highest BCUT2D eigenvalue weighted by Gasteiger charge is 2.26. The van der Waals surface area contributed by atoms with E-state index in [0.29, 0.717) is 6.42 Å². The van der Waals surface area contributed by atoms with E-state index < -0.39 is 32.5 Å². The summed E-state index contributed by atoms with van der Waals surface area (Å²) in [5.74, 6) is 0.954. The summed E-state index contributed by atoms with van der Waals surface area (Å²) in [4.78, 5) is 47.1. The maximum Gasteiger partial charge on any atom is 0.472 e. The van der Waals surface area contributed by atoms with Gasteiger partial charge in [-0.2, -0.15) is 0 Å². The molecule has 1 heterocycles. The minimum absolute atomic E-state index is 0.00704. The Hall–Kier alpha value is -3.08. The summed E-state index contributed by atoms with van der Waals surface area (Å²) < 4.78 is 38.6. The summed E-state index contributed by atoms with van der Waals surface area (Å²) in [7, 11) is -4.46. The Kier molecular flexibility index (Phi) is 29.1. The fourth-order valence-electron chi connectivity index (χ4n) is 5.57. The van der Waals surface area contributed by atoms with E-state index in [2.05, 4.69) is 52.0 Å². The molecule has 0 aromatic carbocycles. The molecular weight excluding hydrogens is 721 g/mol. The van der Waals surface area contributed by atoms with Gasteiger partial charge in [0.2, 0.25) is 0 Å². The van der Waals surface area contributed by atoms with E-state index in [0.717, 1.165) is 82.1 Å². The number of rotatable bonds is 34. The van der Waals surface area contributed by atoms with Crippen LogP contribution >= 0.6 is 7.82 Å². The molecule has 3 N–H and O–H groups in total. The van der Waals surface area contributed by atoms with Gasteiger partial charge in [-0.05, 0) is 82.4 Å². The topological polar surface area (TPSA) is 165 Å². The molecule has 1 aromatic heterocycles. The minimum atomic E-state index is -4.46. The van der Waals surface area contributed by atoms with Gasteiger partial charge in [0.15, 0.2) is 11.9 Å². The van der Waals surface area contributed by atoms with Gasteiger partial charge >= 0.3 is 19.8 Å². The zero-order valence-corrected chi connectivity index (χ0v) is 35.0. The van der Waals surface area contributed by atoms with Crippen LogP contribution in [-0.2, 0) is 50.3 Å². The van der Waals surface area contributed by atoms with Gasteiger partial charge in [-0.15, -0.1) is 0 Å². The van der Waals surface area contributed by atoms with Crippen molar-refractivity contribution in [2.75, 3.05) is 26.4 Å². The second-order valence-electron chi connectivity index (χ2n) is 13.8. The van der Waals surface area contributed by atoms with Gasteiger partial charge in [-0.1, -0.05) is 94.9 Å². The molecule has 11 nitrogen and oxygen atoms in total. The quantitative estimate of drug-likeness (QED) is 0.0170.